The Morgan fingerprint density at radius 2 is 1.75 bits per heavy atom. The van der Waals surface area contributed by atoms with Crippen molar-refractivity contribution in [3.05, 3.63) is 41.3 Å². The molecule has 1 saturated heterocycles. The van der Waals surface area contributed by atoms with Gasteiger partial charge in [-0.2, -0.15) is 5.10 Å². The third-order valence-electron chi connectivity index (χ3n) is 5.37. The monoisotopic (exact) mass is 378 g/mol. The summed E-state index contributed by atoms with van der Waals surface area (Å²) in [4.78, 5) is 25.7. The van der Waals surface area contributed by atoms with Crippen LogP contribution in [0, 0.1) is 20.8 Å². The third-order valence-corrected chi connectivity index (χ3v) is 5.37. The van der Waals surface area contributed by atoms with E-state index in [1.54, 1.807) is 0 Å². The van der Waals surface area contributed by atoms with E-state index in [0.717, 1.165) is 65.8 Å². The number of hydrogen-bond acceptors (Lipinski definition) is 5. The molecule has 146 valence electrons. The summed E-state index contributed by atoms with van der Waals surface area (Å²) in [5, 5.41) is 5.79. The van der Waals surface area contributed by atoms with Crippen LogP contribution in [0.2, 0.25) is 0 Å². The molecule has 0 bridgehead atoms. The zero-order valence-electron chi connectivity index (χ0n) is 16.9. The van der Waals surface area contributed by atoms with Crippen molar-refractivity contribution in [2.75, 3.05) is 31.1 Å². The fraction of sp³-hybridized carbons (Fsp3) is 0.429. The van der Waals surface area contributed by atoms with E-state index in [1.165, 1.54) is 0 Å². The van der Waals surface area contributed by atoms with Crippen LogP contribution in [0.15, 0.2) is 24.3 Å². The van der Waals surface area contributed by atoms with Crippen molar-refractivity contribution < 1.29 is 4.79 Å². The smallest absolute Gasteiger partial charge is 0.222 e. The minimum Gasteiger partial charge on any atom is -0.352 e. The molecule has 0 saturated carbocycles. The van der Waals surface area contributed by atoms with Gasteiger partial charge in [0.2, 0.25) is 5.91 Å². The van der Waals surface area contributed by atoms with Gasteiger partial charge in [0.1, 0.15) is 11.6 Å². The van der Waals surface area contributed by atoms with E-state index in [0.29, 0.717) is 6.42 Å². The molecule has 1 amide bonds. The molecule has 1 fully saturated rings. The van der Waals surface area contributed by atoms with Crippen LogP contribution in [0.5, 0.6) is 0 Å². The van der Waals surface area contributed by atoms with E-state index >= 15 is 0 Å². The van der Waals surface area contributed by atoms with Crippen molar-refractivity contribution >= 4 is 22.8 Å². The van der Waals surface area contributed by atoms with Crippen LogP contribution in [0.3, 0.4) is 0 Å². The first-order valence-electron chi connectivity index (χ1n) is 9.82. The van der Waals surface area contributed by atoms with Crippen LogP contribution in [0.25, 0.3) is 16.7 Å². The first kappa shape index (κ1) is 18.4. The molecule has 7 heteroatoms. The molecule has 3 heterocycles. The van der Waals surface area contributed by atoms with Gasteiger partial charge in [0.15, 0.2) is 5.65 Å². The van der Waals surface area contributed by atoms with Crippen molar-refractivity contribution in [3.8, 4) is 5.69 Å². The molecule has 2 aromatic heterocycles. The lowest BCUT2D eigenvalue weighted by Gasteiger charge is -2.35. The molecule has 1 aromatic carbocycles. The molecule has 3 aromatic rings. The van der Waals surface area contributed by atoms with Crippen LogP contribution < -0.4 is 4.90 Å². The van der Waals surface area contributed by atoms with Gasteiger partial charge in [0.25, 0.3) is 0 Å². The van der Waals surface area contributed by atoms with Crippen molar-refractivity contribution in [2.45, 2.75) is 34.1 Å². The summed E-state index contributed by atoms with van der Waals surface area (Å²) >= 11 is 0. The second-order valence-electron chi connectivity index (χ2n) is 7.30. The Morgan fingerprint density at radius 1 is 1.04 bits per heavy atom. The number of aryl methyl sites for hydroxylation is 3. The zero-order chi connectivity index (χ0) is 19.8. The molecular weight excluding hydrogens is 352 g/mol. The summed E-state index contributed by atoms with van der Waals surface area (Å²) in [6.45, 7) is 10.9. The molecule has 7 nitrogen and oxygen atoms in total. The quantitative estimate of drug-likeness (QED) is 0.701. The number of nitrogens with zero attached hydrogens (tertiary/aromatic N) is 6. The van der Waals surface area contributed by atoms with Crippen LogP contribution in [0.4, 0.5) is 5.82 Å². The molecule has 0 radical (unpaired) electrons. The highest BCUT2D eigenvalue weighted by molar-refractivity contribution is 5.91. The summed E-state index contributed by atoms with van der Waals surface area (Å²) in [5.74, 6) is 1.86. The van der Waals surface area contributed by atoms with E-state index in [4.69, 9.17) is 15.1 Å². The van der Waals surface area contributed by atoms with E-state index in [-0.39, 0.29) is 5.91 Å². The molecule has 0 spiro atoms. The van der Waals surface area contributed by atoms with Gasteiger partial charge in [-0.25, -0.2) is 14.6 Å². The number of anilines is 1. The lowest BCUT2D eigenvalue weighted by Crippen LogP contribution is -2.49. The maximum atomic E-state index is 12.0. The van der Waals surface area contributed by atoms with Crippen molar-refractivity contribution in [1.82, 2.24) is 24.6 Å². The largest absolute Gasteiger partial charge is 0.352 e. The average molecular weight is 378 g/mol. The van der Waals surface area contributed by atoms with Crippen molar-refractivity contribution in [1.29, 1.82) is 0 Å². The first-order chi connectivity index (χ1) is 13.5. The van der Waals surface area contributed by atoms with Gasteiger partial charge < -0.3 is 9.80 Å². The van der Waals surface area contributed by atoms with Crippen LogP contribution in [0.1, 0.15) is 30.4 Å². The highest BCUT2D eigenvalue weighted by atomic mass is 16.2. The SMILES string of the molecule is CCC(=O)N1CCN(c2nc(C)nc3c2c(C)nn3-c2ccccc2C)CC1. The molecule has 0 aliphatic carbocycles. The summed E-state index contributed by atoms with van der Waals surface area (Å²) in [6.07, 6.45) is 0.555. The number of amides is 1. The number of carbonyl (C=O) groups excluding carboxylic acids is 1. The molecule has 4 rings (SSSR count). The highest BCUT2D eigenvalue weighted by Crippen LogP contribution is 2.30. The maximum absolute atomic E-state index is 12.0. The second kappa shape index (κ2) is 7.22. The van der Waals surface area contributed by atoms with Gasteiger partial charge in [-0.05, 0) is 32.4 Å². The number of carbonyl (C=O) groups is 1. The Labute approximate surface area is 165 Å². The second-order valence-corrected chi connectivity index (χ2v) is 7.30. The van der Waals surface area contributed by atoms with Crippen LogP contribution in [-0.2, 0) is 4.79 Å². The molecule has 28 heavy (non-hydrogen) atoms. The van der Waals surface area contributed by atoms with Gasteiger partial charge in [-0.15, -0.1) is 0 Å². The predicted octanol–water partition coefficient (Wildman–Crippen LogP) is 2.80. The van der Waals surface area contributed by atoms with E-state index in [2.05, 4.69) is 24.0 Å². The lowest BCUT2D eigenvalue weighted by atomic mass is 10.2. The van der Waals surface area contributed by atoms with Gasteiger partial charge in [0.05, 0.1) is 16.8 Å². The summed E-state index contributed by atoms with van der Waals surface area (Å²) < 4.78 is 1.93. The van der Waals surface area contributed by atoms with Gasteiger partial charge >= 0.3 is 0 Å². The number of para-hydroxylation sites is 1. The zero-order valence-corrected chi connectivity index (χ0v) is 16.9. The normalized spacial score (nSPS) is 14.7. The van der Waals surface area contributed by atoms with Crippen LogP contribution >= 0.6 is 0 Å². The van der Waals surface area contributed by atoms with Crippen molar-refractivity contribution in [3.63, 3.8) is 0 Å². The molecule has 0 atom stereocenters. The predicted molar refractivity (Wildman–Crippen MR) is 110 cm³/mol. The van der Waals surface area contributed by atoms with E-state index in [1.807, 2.05) is 42.5 Å². The first-order valence-corrected chi connectivity index (χ1v) is 9.82. The molecular formula is C21H26N6O. The topological polar surface area (TPSA) is 67.2 Å². The number of piperazine rings is 1. The number of rotatable bonds is 3. The Balaban J connectivity index is 1.77. The summed E-state index contributed by atoms with van der Waals surface area (Å²) in [7, 11) is 0. The maximum Gasteiger partial charge on any atom is 0.222 e. The molecule has 1 aliphatic heterocycles. The third kappa shape index (κ3) is 3.10. The van der Waals surface area contributed by atoms with Gasteiger partial charge in [-0.1, -0.05) is 25.1 Å². The lowest BCUT2D eigenvalue weighted by molar-refractivity contribution is -0.131. The number of benzene rings is 1. The minimum atomic E-state index is 0.215. The van der Waals surface area contributed by atoms with Crippen molar-refractivity contribution in [2.24, 2.45) is 0 Å². The summed E-state index contributed by atoms with van der Waals surface area (Å²) in [6, 6.07) is 8.19. The molecule has 1 aliphatic rings. The number of fused-ring (bicyclic) bond motifs is 1. The Hall–Kier alpha value is -2.96. The molecule has 0 unspecified atom stereocenters. The standard InChI is InChI=1S/C21H26N6O/c1-5-18(28)25-10-12-26(13-11-25)20-19-15(3)24-27(21(19)23-16(4)22-20)17-9-7-6-8-14(17)2/h6-9H,5,10-13H2,1-4H3. The average Bonchev–Trinajstić information content (AvgIpc) is 3.03. The highest BCUT2D eigenvalue weighted by Gasteiger charge is 2.25. The van der Waals surface area contributed by atoms with E-state index < -0.39 is 0 Å². The Bertz CT molecular complexity index is 1030. The molecule has 0 N–H and O–H groups in total. The summed E-state index contributed by atoms with van der Waals surface area (Å²) in [5.41, 5.74) is 3.93. The fourth-order valence-corrected chi connectivity index (χ4v) is 3.86. The fourth-order valence-electron chi connectivity index (χ4n) is 3.86. The van der Waals surface area contributed by atoms with E-state index in [9.17, 15) is 4.79 Å². The number of hydrogen-bond donors (Lipinski definition) is 0. The Morgan fingerprint density at radius 3 is 2.43 bits per heavy atom. The minimum absolute atomic E-state index is 0.215. The van der Waals surface area contributed by atoms with Gasteiger partial charge in [-0.3, -0.25) is 4.79 Å². The van der Waals surface area contributed by atoms with Crippen LogP contribution in [-0.4, -0.2) is 56.7 Å². The number of aromatic nitrogens is 4. The Kier molecular flexibility index (Phi) is 4.75. The van der Waals surface area contributed by atoms with Gasteiger partial charge in [0, 0.05) is 32.6 Å².